The Balaban J connectivity index is 2.33. The number of unbranched alkanes of at least 4 members (excludes halogenated alkanes) is 7. The summed E-state index contributed by atoms with van der Waals surface area (Å²) in [6.45, 7) is 2.19. The van der Waals surface area contributed by atoms with E-state index in [9.17, 15) is 13.2 Å². The van der Waals surface area contributed by atoms with Crippen molar-refractivity contribution >= 4 is 11.6 Å². The van der Waals surface area contributed by atoms with Crippen LogP contribution in [-0.2, 0) is 12.6 Å². The molecular weight excluding hydrogens is 297 g/mol. The minimum absolute atomic E-state index is 0.132. The molecule has 0 atom stereocenters. The summed E-state index contributed by atoms with van der Waals surface area (Å²) in [6, 6.07) is 4.17. The molecule has 4 heteroatoms. The Morgan fingerprint density at radius 1 is 0.905 bits per heavy atom. The van der Waals surface area contributed by atoms with Crippen LogP contribution in [0, 0.1) is 0 Å². The molecule has 0 aromatic heterocycles. The van der Waals surface area contributed by atoms with Gasteiger partial charge < -0.3 is 0 Å². The fourth-order valence-electron chi connectivity index (χ4n) is 2.44. The lowest BCUT2D eigenvalue weighted by Crippen LogP contribution is -2.07. The Bertz CT molecular complexity index is 413. The standard InChI is InChI=1S/C17H24ClF3/c1-2-3-4-5-6-7-8-9-11-14-12-10-13-15(16(14)18)17(19,20)21/h10,12-13H,2-9,11H2,1H3. The summed E-state index contributed by atoms with van der Waals surface area (Å²) < 4.78 is 38.2. The van der Waals surface area contributed by atoms with E-state index >= 15 is 0 Å². The highest BCUT2D eigenvalue weighted by Crippen LogP contribution is 2.36. The minimum atomic E-state index is -4.37. The first-order valence-electron chi connectivity index (χ1n) is 7.81. The van der Waals surface area contributed by atoms with E-state index in [1.165, 1.54) is 38.2 Å². The van der Waals surface area contributed by atoms with E-state index in [0.717, 1.165) is 25.3 Å². The number of benzene rings is 1. The van der Waals surface area contributed by atoms with Gasteiger partial charge in [-0.3, -0.25) is 0 Å². The molecule has 1 aromatic carbocycles. The van der Waals surface area contributed by atoms with Gasteiger partial charge in [0.05, 0.1) is 10.6 Å². The van der Waals surface area contributed by atoms with Gasteiger partial charge >= 0.3 is 6.18 Å². The number of rotatable bonds is 9. The van der Waals surface area contributed by atoms with Crippen LogP contribution in [-0.4, -0.2) is 0 Å². The summed E-state index contributed by atoms with van der Waals surface area (Å²) in [6.07, 6.45) is 5.66. The summed E-state index contributed by atoms with van der Waals surface area (Å²) in [5.74, 6) is 0. The quantitative estimate of drug-likeness (QED) is 0.428. The lowest BCUT2D eigenvalue weighted by atomic mass is 10.0. The van der Waals surface area contributed by atoms with Gasteiger partial charge in [-0.05, 0) is 24.5 Å². The largest absolute Gasteiger partial charge is 0.417 e. The van der Waals surface area contributed by atoms with E-state index in [1.54, 1.807) is 6.07 Å². The Kier molecular flexibility index (Phi) is 8.16. The van der Waals surface area contributed by atoms with Crippen molar-refractivity contribution in [2.24, 2.45) is 0 Å². The van der Waals surface area contributed by atoms with Crippen LogP contribution in [0.4, 0.5) is 13.2 Å². The number of hydrogen-bond acceptors (Lipinski definition) is 0. The fourth-order valence-corrected chi connectivity index (χ4v) is 2.77. The average Bonchev–Trinajstić information content (AvgIpc) is 2.42. The lowest BCUT2D eigenvalue weighted by Gasteiger charge is -2.12. The van der Waals surface area contributed by atoms with Crippen molar-refractivity contribution in [3.63, 3.8) is 0 Å². The first kappa shape index (κ1) is 18.3. The van der Waals surface area contributed by atoms with Crippen molar-refractivity contribution in [1.82, 2.24) is 0 Å². The SMILES string of the molecule is CCCCCCCCCCc1cccc(C(F)(F)F)c1Cl. The second-order valence-corrected chi connectivity index (χ2v) is 5.88. The maximum absolute atomic E-state index is 12.7. The van der Waals surface area contributed by atoms with Gasteiger partial charge in [0.1, 0.15) is 0 Å². The molecule has 0 aliphatic rings. The molecule has 120 valence electrons. The van der Waals surface area contributed by atoms with Gasteiger partial charge in [0.2, 0.25) is 0 Å². The highest BCUT2D eigenvalue weighted by atomic mass is 35.5. The van der Waals surface area contributed by atoms with Crippen LogP contribution >= 0.6 is 11.6 Å². The maximum atomic E-state index is 12.7. The van der Waals surface area contributed by atoms with Crippen molar-refractivity contribution < 1.29 is 13.2 Å². The molecular formula is C17H24ClF3. The second kappa shape index (κ2) is 9.34. The van der Waals surface area contributed by atoms with Crippen LogP contribution in [0.15, 0.2) is 18.2 Å². The number of hydrogen-bond donors (Lipinski definition) is 0. The topological polar surface area (TPSA) is 0 Å². The van der Waals surface area contributed by atoms with Gasteiger partial charge in [-0.2, -0.15) is 13.2 Å². The molecule has 0 aliphatic carbocycles. The third-order valence-electron chi connectivity index (χ3n) is 3.68. The van der Waals surface area contributed by atoms with Crippen LogP contribution in [0.1, 0.15) is 69.4 Å². The predicted octanol–water partition coefficient (Wildman–Crippen LogP) is 7.04. The summed E-state index contributed by atoms with van der Waals surface area (Å²) in [7, 11) is 0. The lowest BCUT2D eigenvalue weighted by molar-refractivity contribution is -0.137. The van der Waals surface area contributed by atoms with E-state index in [-0.39, 0.29) is 5.02 Å². The summed E-state index contributed by atoms with van der Waals surface area (Å²) in [4.78, 5) is 0. The molecule has 0 spiro atoms. The predicted molar refractivity (Wildman–Crippen MR) is 82.8 cm³/mol. The fraction of sp³-hybridized carbons (Fsp3) is 0.647. The van der Waals surface area contributed by atoms with Crippen LogP contribution in [0.5, 0.6) is 0 Å². The molecule has 0 nitrogen and oxygen atoms in total. The molecule has 0 bridgehead atoms. The van der Waals surface area contributed by atoms with Gasteiger partial charge in [0.15, 0.2) is 0 Å². The first-order chi connectivity index (χ1) is 9.96. The smallest absolute Gasteiger partial charge is 0.166 e. The monoisotopic (exact) mass is 320 g/mol. The Morgan fingerprint density at radius 2 is 1.48 bits per heavy atom. The van der Waals surface area contributed by atoms with Crippen molar-refractivity contribution in [3.8, 4) is 0 Å². The molecule has 0 radical (unpaired) electrons. The first-order valence-corrected chi connectivity index (χ1v) is 8.19. The van der Waals surface area contributed by atoms with Gasteiger partial charge in [0, 0.05) is 0 Å². The van der Waals surface area contributed by atoms with Gasteiger partial charge in [-0.15, -0.1) is 0 Å². The summed E-state index contributed by atoms with van der Waals surface area (Å²) >= 11 is 5.87. The maximum Gasteiger partial charge on any atom is 0.417 e. The van der Waals surface area contributed by atoms with Crippen molar-refractivity contribution in [2.45, 2.75) is 70.9 Å². The van der Waals surface area contributed by atoms with Gasteiger partial charge in [-0.25, -0.2) is 0 Å². The molecule has 1 rings (SSSR count). The third kappa shape index (κ3) is 6.73. The highest BCUT2D eigenvalue weighted by molar-refractivity contribution is 6.32. The average molecular weight is 321 g/mol. The zero-order valence-electron chi connectivity index (χ0n) is 12.6. The molecule has 0 saturated carbocycles. The van der Waals surface area contributed by atoms with E-state index in [1.807, 2.05) is 0 Å². The molecule has 21 heavy (non-hydrogen) atoms. The highest BCUT2D eigenvalue weighted by Gasteiger charge is 2.33. The van der Waals surface area contributed by atoms with E-state index in [0.29, 0.717) is 12.0 Å². The van der Waals surface area contributed by atoms with Crippen molar-refractivity contribution in [3.05, 3.63) is 34.3 Å². The zero-order valence-corrected chi connectivity index (χ0v) is 13.4. The van der Waals surface area contributed by atoms with E-state index < -0.39 is 11.7 Å². The number of halogens is 4. The van der Waals surface area contributed by atoms with Crippen LogP contribution < -0.4 is 0 Å². The van der Waals surface area contributed by atoms with Crippen LogP contribution in [0.25, 0.3) is 0 Å². The number of alkyl halides is 3. The minimum Gasteiger partial charge on any atom is -0.166 e. The van der Waals surface area contributed by atoms with Crippen LogP contribution in [0.2, 0.25) is 5.02 Å². The molecule has 0 unspecified atom stereocenters. The normalized spacial score (nSPS) is 11.9. The molecule has 0 fully saturated rings. The third-order valence-corrected chi connectivity index (χ3v) is 4.13. The molecule has 1 aromatic rings. The zero-order chi connectivity index (χ0) is 15.7. The summed E-state index contributed by atoms with van der Waals surface area (Å²) in [5.41, 5.74) is -0.112. The Morgan fingerprint density at radius 3 is 2.05 bits per heavy atom. The van der Waals surface area contributed by atoms with Crippen LogP contribution in [0.3, 0.4) is 0 Å². The van der Waals surface area contributed by atoms with Gasteiger partial charge in [0.25, 0.3) is 0 Å². The van der Waals surface area contributed by atoms with E-state index in [2.05, 4.69) is 6.92 Å². The number of aryl methyl sites for hydroxylation is 1. The van der Waals surface area contributed by atoms with Crippen molar-refractivity contribution in [2.75, 3.05) is 0 Å². The molecule has 0 aliphatic heterocycles. The second-order valence-electron chi connectivity index (χ2n) is 5.50. The van der Waals surface area contributed by atoms with Crippen molar-refractivity contribution in [1.29, 1.82) is 0 Å². The van der Waals surface area contributed by atoms with E-state index in [4.69, 9.17) is 11.6 Å². The summed E-state index contributed by atoms with van der Waals surface area (Å²) in [5, 5.41) is -0.132. The molecule has 0 heterocycles. The molecule has 0 N–H and O–H groups in total. The van der Waals surface area contributed by atoms with Gasteiger partial charge in [-0.1, -0.05) is 75.6 Å². The molecule has 0 saturated heterocycles. The Labute approximate surface area is 130 Å². The Hall–Kier alpha value is -0.700. The molecule has 0 amide bonds.